The first-order chi connectivity index (χ1) is 9.36. The Hall–Kier alpha value is -1.20. The zero-order valence-electron chi connectivity index (χ0n) is 10.1. The van der Waals surface area contributed by atoms with Crippen molar-refractivity contribution in [1.82, 2.24) is 0 Å². The van der Waals surface area contributed by atoms with Crippen LogP contribution in [-0.4, -0.2) is 0 Å². The van der Waals surface area contributed by atoms with Crippen LogP contribution in [0.4, 0.5) is 18.9 Å². The highest BCUT2D eigenvalue weighted by Crippen LogP contribution is 2.30. The molecule has 0 aliphatic heterocycles. The van der Waals surface area contributed by atoms with Crippen molar-refractivity contribution in [2.24, 2.45) is 0 Å². The van der Waals surface area contributed by atoms with Gasteiger partial charge in [0.05, 0.1) is 5.56 Å². The van der Waals surface area contributed by atoms with Crippen molar-refractivity contribution >= 4 is 33.2 Å². The number of rotatable bonds is 3. The van der Waals surface area contributed by atoms with Crippen LogP contribution in [0, 0.1) is 0 Å². The van der Waals surface area contributed by atoms with Crippen LogP contribution < -0.4 is 5.32 Å². The Morgan fingerprint density at radius 3 is 2.50 bits per heavy atom. The first-order valence-corrected chi connectivity index (χ1v) is 6.88. The second kappa shape index (κ2) is 6.06. The molecule has 1 nitrogen and oxygen atoms in total. The fourth-order valence-corrected chi connectivity index (χ4v) is 2.51. The van der Waals surface area contributed by atoms with Gasteiger partial charge in [-0.15, -0.1) is 0 Å². The zero-order valence-corrected chi connectivity index (χ0v) is 12.5. The topological polar surface area (TPSA) is 12.0 Å². The molecule has 0 spiro atoms. The van der Waals surface area contributed by atoms with Gasteiger partial charge in [0.1, 0.15) is 0 Å². The molecule has 0 unspecified atom stereocenters. The van der Waals surface area contributed by atoms with Gasteiger partial charge in [0.15, 0.2) is 0 Å². The molecule has 0 amide bonds. The van der Waals surface area contributed by atoms with Crippen molar-refractivity contribution in [2.45, 2.75) is 12.7 Å². The molecule has 0 saturated heterocycles. The highest BCUT2D eigenvalue weighted by Gasteiger charge is 2.30. The Balaban J connectivity index is 2.11. The lowest BCUT2D eigenvalue weighted by molar-refractivity contribution is -0.137. The van der Waals surface area contributed by atoms with Gasteiger partial charge in [0.25, 0.3) is 0 Å². The molecule has 0 aromatic heterocycles. The third kappa shape index (κ3) is 3.90. The summed E-state index contributed by atoms with van der Waals surface area (Å²) in [6.07, 6.45) is -4.32. The summed E-state index contributed by atoms with van der Waals surface area (Å²) in [7, 11) is 0. The molecule has 2 aromatic rings. The van der Waals surface area contributed by atoms with E-state index >= 15 is 0 Å². The van der Waals surface area contributed by atoms with E-state index in [1.165, 1.54) is 6.07 Å². The second-order valence-electron chi connectivity index (χ2n) is 4.18. The summed E-state index contributed by atoms with van der Waals surface area (Å²) in [6.45, 7) is 0.296. The van der Waals surface area contributed by atoms with Gasteiger partial charge in [-0.3, -0.25) is 0 Å². The highest BCUT2D eigenvalue weighted by molar-refractivity contribution is 9.10. The molecule has 0 aliphatic carbocycles. The Kier molecular flexibility index (Phi) is 4.60. The van der Waals surface area contributed by atoms with Crippen LogP contribution in [0.3, 0.4) is 0 Å². The lowest BCUT2D eigenvalue weighted by Crippen LogP contribution is -2.07. The van der Waals surface area contributed by atoms with Gasteiger partial charge in [0.2, 0.25) is 0 Å². The molecular formula is C14H10BrClF3N. The van der Waals surface area contributed by atoms with E-state index in [0.29, 0.717) is 17.1 Å². The number of hydrogen-bond acceptors (Lipinski definition) is 1. The number of halogens is 5. The molecule has 20 heavy (non-hydrogen) atoms. The Labute approximate surface area is 127 Å². The minimum Gasteiger partial charge on any atom is -0.380 e. The van der Waals surface area contributed by atoms with Gasteiger partial charge in [0, 0.05) is 21.7 Å². The Bertz CT molecular complexity index is 614. The first kappa shape index (κ1) is 15.2. The second-order valence-corrected chi connectivity index (χ2v) is 5.47. The lowest BCUT2D eigenvalue weighted by Gasteiger charge is -2.11. The molecule has 2 aromatic carbocycles. The zero-order chi connectivity index (χ0) is 14.8. The van der Waals surface area contributed by atoms with Crippen LogP contribution >= 0.6 is 27.5 Å². The van der Waals surface area contributed by atoms with E-state index in [4.69, 9.17) is 11.6 Å². The maximum atomic E-state index is 12.6. The first-order valence-electron chi connectivity index (χ1n) is 5.71. The molecule has 1 N–H and O–H groups in total. The van der Waals surface area contributed by atoms with Gasteiger partial charge in [-0.05, 0) is 51.8 Å². The summed E-state index contributed by atoms with van der Waals surface area (Å²) in [5, 5.41) is 3.65. The third-order valence-electron chi connectivity index (χ3n) is 2.67. The maximum absolute atomic E-state index is 12.6. The van der Waals surface area contributed by atoms with Crippen molar-refractivity contribution in [2.75, 3.05) is 5.32 Å². The van der Waals surface area contributed by atoms with Crippen LogP contribution in [0.5, 0.6) is 0 Å². The highest BCUT2D eigenvalue weighted by atomic mass is 79.9. The van der Waals surface area contributed by atoms with E-state index in [1.807, 2.05) is 0 Å². The van der Waals surface area contributed by atoms with Crippen molar-refractivity contribution in [3.05, 3.63) is 63.1 Å². The van der Waals surface area contributed by atoms with Gasteiger partial charge < -0.3 is 5.32 Å². The Morgan fingerprint density at radius 1 is 1.10 bits per heavy atom. The average molecular weight is 365 g/mol. The number of alkyl halides is 3. The van der Waals surface area contributed by atoms with Gasteiger partial charge in [-0.2, -0.15) is 13.2 Å². The van der Waals surface area contributed by atoms with Crippen LogP contribution in [0.2, 0.25) is 5.02 Å². The smallest absolute Gasteiger partial charge is 0.380 e. The van der Waals surface area contributed by atoms with E-state index in [2.05, 4.69) is 21.2 Å². The molecule has 106 valence electrons. The average Bonchev–Trinajstić information content (AvgIpc) is 2.37. The van der Waals surface area contributed by atoms with Crippen molar-refractivity contribution in [3.63, 3.8) is 0 Å². The monoisotopic (exact) mass is 363 g/mol. The molecule has 2 rings (SSSR count). The molecule has 0 aliphatic rings. The number of anilines is 1. The summed E-state index contributed by atoms with van der Waals surface area (Å²) in [6, 6.07) is 10.4. The van der Waals surface area contributed by atoms with Crippen molar-refractivity contribution < 1.29 is 13.2 Å². The largest absolute Gasteiger partial charge is 0.416 e. The molecule has 0 atom stereocenters. The van der Waals surface area contributed by atoms with Crippen LogP contribution in [0.15, 0.2) is 46.9 Å². The fourth-order valence-electron chi connectivity index (χ4n) is 1.69. The predicted octanol–water partition coefficient (Wildman–Crippen LogP) is 5.73. The fraction of sp³-hybridized carbons (Fsp3) is 0.143. The summed E-state index contributed by atoms with van der Waals surface area (Å²) in [5.41, 5.74) is 0.681. The number of hydrogen-bond donors (Lipinski definition) is 1. The van der Waals surface area contributed by atoms with Crippen molar-refractivity contribution in [1.29, 1.82) is 0 Å². The summed E-state index contributed by atoms with van der Waals surface area (Å²) < 4.78 is 38.6. The minimum absolute atomic E-state index is 0.296. The molecule has 0 heterocycles. The van der Waals surface area contributed by atoms with E-state index in [-0.39, 0.29) is 0 Å². The predicted molar refractivity (Wildman–Crippen MR) is 77.9 cm³/mol. The van der Waals surface area contributed by atoms with Crippen LogP contribution in [-0.2, 0) is 12.7 Å². The molecule has 6 heteroatoms. The van der Waals surface area contributed by atoms with Crippen LogP contribution in [0.1, 0.15) is 11.1 Å². The standard InChI is InChI=1S/C14H10BrClF3N/c15-12-7-11(16)4-5-13(12)20-8-9-2-1-3-10(6-9)14(17,18)19/h1-7,20H,8H2. The number of benzene rings is 2. The quantitative estimate of drug-likeness (QED) is 0.733. The molecule has 0 saturated carbocycles. The van der Waals surface area contributed by atoms with E-state index in [9.17, 15) is 13.2 Å². The van der Waals surface area contributed by atoms with Gasteiger partial charge in [-0.25, -0.2) is 0 Å². The van der Waals surface area contributed by atoms with E-state index in [0.717, 1.165) is 22.3 Å². The van der Waals surface area contributed by atoms with E-state index < -0.39 is 11.7 Å². The maximum Gasteiger partial charge on any atom is 0.416 e. The third-order valence-corrected chi connectivity index (χ3v) is 3.56. The lowest BCUT2D eigenvalue weighted by atomic mass is 10.1. The van der Waals surface area contributed by atoms with E-state index in [1.54, 1.807) is 24.3 Å². The van der Waals surface area contributed by atoms with Crippen molar-refractivity contribution in [3.8, 4) is 0 Å². The molecule has 0 radical (unpaired) electrons. The summed E-state index contributed by atoms with van der Waals surface area (Å²) >= 11 is 9.16. The summed E-state index contributed by atoms with van der Waals surface area (Å²) in [4.78, 5) is 0. The summed E-state index contributed by atoms with van der Waals surface area (Å²) in [5.74, 6) is 0. The SMILES string of the molecule is FC(F)(F)c1cccc(CNc2ccc(Cl)cc2Br)c1. The van der Waals surface area contributed by atoms with Crippen LogP contribution in [0.25, 0.3) is 0 Å². The molecule has 0 fully saturated rings. The normalized spacial score (nSPS) is 11.4. The van der Waals surface area contributed by atoms with Gasteiger partial charge >= 0.3 is 6.18 Å². The molecule has 0 bridgehead atoms. The molecular weight excluding hydrogens is 355 g/mol. The minimum atomic E-state index is -4.32. The van der Waals surface area contributed by atoms with Gasteiger partial charge in [-0.1, -0.05) is 23.7 Å². The number of nitrogens with one attached hydrogen (secondary N) is 1. The Morgan fingerprint density at radius 2 is 1.85 bits per heavy atom.